The van der Waals surface area contributed by atoms with Gasteiger partial charge in [0.05, 0.1) is 5.56 Å². The van der Waals surface area contributed by atoms with Gasteiger partial charge in [-0.25, -0.2) is 0 Å². The quantitative estimate of drug-likeness (QED) is 0.851. The van der Waals surface area contributed by atoms with E-state index in [1.807, 2.05) is 47.9 Å². The van der Waals surface area contributed by atoms with Crippen LogP contribution < -0.4 is 5.32 Å². The summed E-state index contributed by atoms with van der Waals surface area (Å²) in [5, 5.41) is 12.5. The summed E-state index contributed by atoms with van der Waals surface area (Å²) in [5.74, 6) is -0.233. The number of para-hydroxylation sites is 1. The highest BCUT2D eigenvalue weighted by Gasteiger charge is 2.28. The number of aliphatic imine (C=N–C) groups is 1. The molecule has 5 nitrogen and oxygen atoms in total. The van der Waals surface area contributed by atoms with E-state index in [2.05, 4.69) is 16.4 Å². The number of anilines is 1. The van der Waals surface area contributed by atoms with Crippen LogP contribution in [0.3, 0.4) is 0 Å². The maximum Gasteiger partial charge on any atom is 0.274 e. The topological polar surface area (TPSA) is 70.2 Å². The maximum atomic E-state index is 12.9. The van der Waals surface area contributed by atoms with Crippen molar-refractivity contribution in [1.29, 1.82) is 5.26 Å². The second kappa shape index (κ2) is 7.63. The van der Waals surface area contributed by atoms with Crippen LogP contribution in [0.25, 0.3) is 0 Å². The molecule has 1 aromatic carbocycles. The van der Waals surface area contributed by atoms with Gasteiger partial charge in [0.2, 0.25) is 0 Å². The van der Waals surface area contributed by atoms with Gasteiger partial charge >= 0.3 is 0 Å². The number of amides is 1. The fourth-order valence-electron chi connectivity index (χ4n) is 3.11. The van der Waals surface area contributed by atoms with Crippen LogP contribution in [0.4, 0.5) is 11.4 Å². The molecule has 25 heavy (non-hydrogen) atoms. The zero-order valence-corrected chi connectivity index (χ0v) is 14.2. The smallest absolute Gasteiger partial charge is 0.274 e. The predicted octanol–water partition coefficient (Wildman–Crippen LogP) is 4.23. The van der Waals surface area contributed by atoms with Crippen LogP contribution in [0.1, 0.15) is 41.5 Å². The molecule has 1 aliphatic rings. The lowest BCUT2D eigenvalue weighted by Crippen LogP contribution is -2.20. The van der Waals surface area contributed by atoms with Gasteiger partial charge in [-0.2, -0.15) is 5.26 Å². The molecular weight excluding hydrogens is 312 g/mol. The van der Waals surface area contributed by atoms with Crippen molar-refractivity contribution < 1.29 is 4.79 Å². The van der Waals surface area contributed by atoms with Gasteiger partial charge in [-0.3, -0.25) is 9.79 Å². The van der Waals surface area contributed by atoms with E-state index in [9.17, 15) is 10.1 Å². The number of nitriles is 1. The van der Waals surface area contributed by atoms with Crippen LogP contribution in [0.2, 0.25) is 0 Å². The molecule has 1 amide bonds. The number of nitrogens with one attached hydrogen (secondary N) is 1. The average molecular weight is 332 g/mol. The number of rotatable bonds is 4. The number of carbonyl (C=O) groups is 1. The van der Waals surface area contributed by atoms with Gasteiger partial charge in [0.25, 0.3) is 5.91 Å². The first-order chi connectivity index (χ1) is 12.3. The maximum absolute atomic E-state index is 12.9. The number of benzene rings is 1. The Morgan fingerprint density at radius 2 is 2.12 bits per heavy atom. The first-order valence-electron chi connectivity index (χ1n) is 8.43. The van der Waals surface area contributed by atoms with E-state index in [-0.39, 0.29) is 5.91 Å². The van der Waals surface area contributed by atoms with Crippen LogP contribution in [0, 0.1) is 11.3 Å². The molecule has 2 heterocycles. The Balaban J connectivity index is 2.08. The summed E-state index contributed by atoms with van der Waals surface area (Å²) in [6, 6.07) is 11.6. The minimum Gasteiger partial charge on any atom is -0.337 e. The molecule has 0 bridgehead atoms. The molecule has 2 aromatic rings. The molecule has 0 fully saturated rings. The molecule has 1 aromatic heterocycles. The standard InChI is InChI=1S/C20H20N4O/c1-2-3-12-22-18-16(14-21)17-11-7-8-13-24(17)19(18)20(25)23-15-9-5-4-6-10-15/h2-6,9-10,12H,7-8,11,13H2,1H3,(H,23,25)/b3-2+,22-12?. The molecule has 0 radical (unpaired) electrons. The summed E-state index contributed by atoms with van der Waals surface area (Å²) in [5.41, 5.74) is 3.08. The van der Waals surface area contributed by atoms with E-state index in [1.165, 1.54) is 0 Å². The highest BCUT2D eigenvalue weighted by Crippen LogP contribution is 2.34. The van der Waals surface area contributed by atoms with E-state index in [0.29, 0.717) is 16.9 Å². The lowest BCUT2D eigenvalue weighted by Gasteiger charge is -2.17. The van der Waals surface area contributed by atoms with Gasteiger partial charge in [-0.15, -0.1) is 0 Å². The molecule has 0 saturated heterocycles. The molecular formula is C20H20N4O. The highest BCUT2D eigenvalue weighted by atomic mass is 16.2. The third kappa shape index (κ3) is 3.38. The van der Waals surface area contributed by atoms with Crippen LogP contribution in [0.5, 0.6) is 0 Å². The summed E-state index contributed by atoms with van der Waals surface area (Å²) in [4.78, 5) is 17.4. The zero-order valence-electron chi connectivity index (χ0n) is 14.2. The Kier molecular flexibility index (Phi) is 5.10. The Hall–Kier alpha value is -3.13. The summed E-state index contributed by atoms with van der Waals surface area (Å²) >= 11 is 0. The Morgan fingerprint density at radius 3 is 2.84 bits per heavy atom. The SMILES string of the molecule is C/C=C/C=Nc1c(C#N)c2n(c1C(=O)Nc1ccccc1)CCCC2. The van der Waals surface area contributed by atoms with Gasteiger partial charge in [0, 0.05) is 24.1 Å². The van der Waals surface area contributed by atoms with Crippen LogP contribution in [-0.4, -0.2) is 16.7 Å². The van der Waals surface area contributed by atoms with E-state index in [1.54, 1.807) is 12.3 Å². The number of aromatic nitrogens is 1. The van der Waals surface area contributed by atoms with Gasteiger partial charge in [0.15, 0.2) is 0 Å². The third-order valence-electron chi connectivity index (χ3n) is 4.23. The van der Waals surface area contributed by atoms with Crippen molar-refractivity contribution in [2.75, 3.05) is 5.32 Å². The Morgan fingerprint density at radius 1 is 1.32 bits per heavy atom. The second-order valence-corrected chi connectivity index (χ2v) is 5.86. The average Bonchev–Trinajstić information content (AvgIpc) is 2.96. The first-order valence-corrected chi connectivity index (χ1v) is 8.43. The van der Waals surface area contributed by atoms with Crippen LogP contribution >= 0.6 is 0 Å². The second-order valence-electron chi connectivity index (χ2n) is 5.86. The summed E-state index contributed by atoms with van der Waals surface area (Å²) in [6.45, 7) is 2.63. The minimum atomic E-state index is -0.233. The van der Waals surface area contributed by atoms with Crippen molar-refractivity contribution in [2.24, 2.45) is 4.99 Å². The number of nitrogens with zero attached hydrogens (tertiary/aromatic N) is 3. The van der Waals surface area contributed by atoms with E-state index in [4.69, 9.17) is 0 Å². The van der Waals surface area contributed by atoms with E-state index >= 15 is 0 Å². The van der Waals surface area contributed by atoms with Crippen molar-refractivity contribution >= 4 is 23.5 Å². The number of allylic oxidation sites excluding steroid dienone is 2. The highest BCUT2D eigenvalue weighted by molar-refractivity contribution is 6.08. The van der Waals surface area contributed by atoms with Crippen molar-refractivity contribution in [1.82, 2.24) is 4.57 Å². The molecule has 126 valence electrons. The molecule has 1 aliphatic heterocycles. The normalized spacial score (nSPS) is 13.8. The molecule has 5 heteroatoms. The third-order valence-corrected chi connectivity index (χ3v) is 4.23. The summed E-state index contributed by atoms with van der Waals surface area (Å²) < 4.78 is 1.96. The Labute approximate surface area is 147 Å². The van der Waals surface area contributed by atoms with Crippen molar-refractivity contribution in [2.45, 2.75) is 32.7 Å². The first kappa shape index (κ1) is 16.7. The van der Waals surface area contributed by atoms with Crippen molar-refractivity contribution in [3.8, 4) is 6.07 Å². The van der Waals surface area contributed by atoms with Crippen LogP contribution in [0.15, 0.2) is 47.5 Å². The molecule has 3 rings (SSSR count). The zero-order chi connectivity index (χ0) is 17.6. The molecule has 0 spiro atoms. The molecule has 0 saturated carbocycles. The largest absolute Gasteiger partial charge is 0.337 e. The van der Waals surface area contributed by atoms with Gasteiger partial charge in [-0.1, -0.05) is 24.3 Å². The number of carbonyl (C=O) groups excluding carboxylic acids is 1. The van der Waals surface area contributed by atoms with Gasteiger partial charge in [0.1, 0.15) is 17.5 Å². The Bertz CT molecular complexity index is 869. The number of hydrogen-bond acceptors (Lipinski definition) is 3. The lowest BCUT2D eigenvalue weighted by atomic mass is 10.1. The van der Waals surface area contributed by atoms with E-state index < -0.39 is 0 Å². The molecule has 0 unspecified atom stereocenters. The van der Waals surface area contributed by atoms with E-state index in [0.717, 1.165) is 37.2 Å². The molecule has 0 atom stereocenters. The van der Waals surface area contributed by atoms with Crippen LogP contribution in [-0.2, 0) is 13.0 Å². The summed E-state index contributed by atoms with van der Waals surface area (Å²) in [6.07, 6.45) is 8.09. The molecule has 1 N–H and O–H groups in total. The van der Waals surface area contributed by atoms with Gasteiger partial charge in [-0.05, 0) is 44.4 Å². The fourth-order valence-corrected chi connectivity index (χ4v) is 3.11. The fraction of sp³-hybridized carbons (Fsp3) is 0.250. The summed E-state index contributed by atoms with van der Waals surface area (Å²) in [7, 11) is 0. The monoisotopic (exact) mass is 332 g/mol. The molecule has 0 aliphatic carbocycles. The van der Waals surface area contributed by atoms with Crippen molar-refractivity contribution in [3.05, 3.63) is 59.4 Å². The van der Waals surface area contributed by atoms with Crippen molar-refractivity contribution in [3.63, 3.8) is 0 Å². The number of fused-ring (bicyclic) bond motifs is 1. The predicted molar refractivity (Wildman–Crippen MR) is 99.4 cm³/mol. The van der Waals surface area contributed by atoms with Gasteiger partial charge < -0.3 is 9.88 Å². The lowest BCUT2D eigenvalue weighted by molar-refractivity contribution is 0.101. The number of hydrogen-bond donors (Lipinski definition) is 1. The minimum absolute atomic E-state index is 0.233.